The molecule has 0 aromatic heterocycles. The van der Waals surface area contributed by atoms with Gasteiger partial charge in [0.25, 0.3) is 0 Å². The van der Waals surface area contributed by atoms with Crippen LogP contribution in [0.3, 0.4) is 0 Å². The van der Waals surface area contributed by atoms with E-state index in [9.17, 15) is 14.4 Å². The molecule has 0 aliphatic rings. The molecule has 0 heterocycles. The van der Waals surface area contributed by atoms with Gasteiger partial charge in [0.2, 0.25) is 0 Å². The zero-order valence-electron chi connectivity index (χ0n) is 50.5. The lowest BCUT2D eigenvalue weighted by Crippen LogP contribution is -2.30. The fraction of sp³-hybridized carbons (Fsp3) is 0.786. The summed E-state index contributed by atoms with van der Waals surface area (Å²) < 4.78 is 16.9. The molecule has 0 aliphatic heterocycles. The molecule has 0 rings (SSSR count). The molecule has 440 valence electrons. The van der Waals surface area contributed by atoms with Gasteiger partial charge in [0.05, 0.1) is 0 Å². The van der Waals surface area contributed by atoms with Crippen molar-refractivity contribution < 1.29 is 28.6 Å². The lowest BCUT2D eigenvalue weighted by Gasteiger charge is -2.18. The fourth-order valence-corrected chi connectivity index (χ4v) is 9.47. The Balaban J connectivity index is 3.99. The predicted molar refractivity (Wildman–Crippen MR) is 330 cm³/mol. The average Bonchev–Trinajstić information content (AvgIpc) is 3.42. The van der Waals surface area contributed by atoms with Crippen molar-refractivity contribution in [2.24, 2.45) is 0 Å². The number of ether oxygens (including phenoxy) is 3. The van der Waals surface area contributed by atoms with Crippen LogP contribution in [0.4, 0.5) is 0 Å². The minimum atomic E-state index is -0.779. The van der Waals surface area contributed by atoms with E-state index in [4.69, 9.17) is 14.2 Å². The molecule has 6 heteroatoms. The van der Waals surface area contributed by atoms with Crippen molar-refractivity contribution in [3.8, 4) is 0 Å². The van der Waals surface area contributed by atoms with E-state index in [0.29, 0.717) is 19.3 Å². The molecule has 6 nitrogen and oxygen atoms in total. The highest BCUT2D eigenvalue weighted by atomic mass is 16.6. The second-order valence-corrected chi connectivity index (χ2v) is 22.0. The minimum absolute atomic E-state index is 0.0768. The molecule has 0 N–H and O–H groups in total. The molecule has 0 radical (unpaired) electrons. The Bertz CT molecular complexity index is 1400. The average molecular weight is 1060 g/mol. The van der Waals surface area contributed by atoms with Crippen molar-refractivity contribution in [3.05, 3.63) is 72.9 Å². The van der Waals surface area contributed by atoms with Gasteiger partial charge in [-0.05, 0) is 103 Å². The zero-order valence-corrected chi connectivity index (χ0v) is 50.5. The van der Waals surface area contributed by atoms with Crippen LogP contribution in [-0.2, 0) is 28.6 Å². The van der Waals surface area contributed by atoms with Gasteiger partial charge in [-0.25, -0.2) is 0 Å². The zero-order chi connectivity index (χ0) is 55.0. The Morgan fingerprint density at radius 3 is 0.855 bits per heavy atom. The van der Waals surface area contributed by atoms with Crippen molar-refractivity contribution in [1.82, 2.24) is 0 Å². The van der Waals surface area contributed by atoms with Gasteiger partial charge in [0.1, 0.15) is 13.2 Å². The normalized spacial score (nSPS) is 12.5. The number of hydrogen-bond donors (Lipinski definition) is 0. The van der Waals surface area contributed by atoms with E-state index in [1.807, 2.05) is 0 Å². The summed E-state index contributed by atoms with van der Waals surface area (Å²) in [5, 5.41) is 0. The van der Waals surface area contributed by atoms with Gasteiger partial charge in [-0.15, -0.1) is 0 Å². The van der Waals surface area contributed by atoms with E-state index in [-0.39, 0.29) is 31.1 Å². The molecule has 1 atom stereocenters. The Hall–Kier alpha value is -3.15. The summed E-state index contributed by atoms with van der Waals surface area (Å²) in [5.74, 6) is -0.882. The van der Waals surface area contributed by atoms with Crippen molar-refractivity contribution in [1.29, 1.82) is 0 Å². The third kappa shape index (κ3) is 61.7. The standard InChI is InChI=1S/C70H124O6/c1-4-7-10-13-16-19-22-24-25-26-27-28-29-30-31-32-33-34-35-36-37-38-39-40-41-42-43-44-45-46-49-51-54-57-60-63-69(72)75-66-67(65-74-68(71)62-59-56-53-50-47-21-18-15-12-9-6-3)76-70(73)64-61-58-55-52-48-23-20-17-14-11-8-5-2/h7,10,15-20,24-25,27-28,67H,4-6,8-9,11-14,21-23,26,29-66H2,1-3H3/b10-7-,18-15-,19-16-,20-17-,25-24-,28-27-. The molecule has 0 spiro atoms. The van der Waals surface area contributed by atoms with Crippen LogP contribution in [-0.4, -0.2) is 37.2 Å². The van der Waals surface area contributed by atoms with E-state index in [0.717, 1.165) is 103 Å². The fourth-order valence-electron chi connectivity index (χ4n) is 9.47. The highest BCUT2D eigenvalue weighted by Crippen LogP contribution is 2.17. The summed E-state index contributed by atoms with van der Waals surface area (Å²) in [6.07, 6.45) is 83.8. The van der Waals surface area contributed by atoms with E-state index in [2.05, 4.69) is 93.7 Å². The van der Waals surface area contributed by atoms with E-state index in [1.165, 1.54) is 193 Å². The maximum Gasteiger partial charge on any atom is 0.306 e. The Labute approximate surface area is 472 Å². The summed E-state index contributed by atoms with van der Waals surface area (Å²) >= 11 is 0. The first-order valence-electron chi connectivity index (χ1n) is 32.9. The second kappa shape index (κ2) is 64.4. The first-order chi connectivity index (χ1) is 37.5. The van der Waals surface area contributed by atoms with Gasteiger partial charge >= 0.3 is 17.9 Å². The van der Waals surface area contributed by atoms with Gasteiger partial charge in [-0.3, -0.25) is 14.4 Å². The molecular formula is C70H124O6. The van der Waals surface area contributed by atoms with Gasteiger partial charge in [-0.1, -0.05) is 286 Å². The maximum atomic E-state index is 12.8. The van der Waals surface area contributed by atoms with Crippen LogP contribution in [0.2, 0.25) is 0 Å². The molecule has 0 aromatic rings. The second-order valence-electron chi connectivity index (χ2n) is 22.0. The van der Waals surface area contributed by atoms with E-state index < -0.39 is 6.10 Å². The molecule has 0 fully saturated rings. The first kappa shape index (κ1) is 72.8. The molecule has 0 saturated carbocycles. The Morgan fingerprint density at radius 1 is 0.276 bits per heavy atom. The molecule has 0 amide bonds. The smallest absolute Gasteiger partial charge is 0.306 e. The topological polar surface area (TPSA) is 78.9 Å². The highest BCUT2D eigenvalue weighted by molar-refractivity contribution is 5.71. The summed E-state index contributed by atoms with van der Waals surface area (Å²) in [6.45, 7) is 6.48. The van der Waals surface area contributed by atoms with Gasteiger partial charge < -0.3 is 14.2 Å². The first-order valence-corrected chi connectivity index (χ1v) is 32.9. The molecule has 0 aromatic carbocycles. The lowest BCUT2D eigenvalue weighted by molar-refractivity contribution is -0.167. The summed E-state index contributed by atoms with van der Waals surface area (Å²) in [7, 11) is 0. The lowest BCUT2D eigenvalue weighted by atomic mass is 10.0. The number of allylic oxidation sites excluding steroid dienone is 12. The largest absolute Gasteiger partial charge is 0.462 e. The third-order valence-electron chi connectivity index (χ3n) is 14.4. The van der Waals surface area contributed by atoms with Crippen LogP contribution < -0.4 is 0 Å². The van der Waals surface area contributed by atoms with Gasteiger partial charge in [0, 0.05) is 19.3 Å². The molecule has 0 aliphatic carbocycles. The van der Waals surface area contributed by atoms with Gasteiger partial charge in [0.15, 0.2) is 6.10 Å². The van der Waals surface area contributed by atoms with Crippen LogP contribution in [0.5, 0.6) is 0 Å². The number of hydrogen-bond acceptors (Lipinski definition) is 6. The van der Waals surface area contributed by atoms with E-state index in [1.54, 1.807) is 0 Å². The number of carbonyl (C=O) groups is 3. The number of unbranched alkanes of at least 4 members (excludes halogenated alkanes) is 37. The summed E-state index contributed by atoms with van der Waals surface area (Å²) in [4.78, 5) is 38.1. The highest BCUT2D eigenvalue weighted by Gasteiger charge is 2.19. The number of rotatable bonds is 60. The Morgan fingerprint density at radius 2 is 0.526 bits per heavy atom. The van der Waals surface area contributed by atoms with Crippen LogP contribution in [0.1, 0.15) is 335 Å². The molecule has 0 bridgehead atoms. The number of carbonyl (C=O) groups excluding carboxylic acids is 3. The van der Waals surface area contributed by atoms with Crippen molar-refractivity contribution in [3.63, 3.8) is 0 Å². The molecule has 0 saturated heterocycles. The van der Waals surface area contributed by atoms with Gasteiger partial charge in [-0.2, -0.15) is 0 Å². The van der Waals surface area contributed by atoms with Crippen LogP contribution in [0.25, 0.3) is 0 Å². The third-order valence-corrected chi connectivity index (χ3v) is 14.4. The molecule has 76 heavy (non-hydrogen) atoms. The number of esters is 3. The molecular weight excluding hydrogens is 937 g/mol. The minimum Gasteiger partial charge on any atom is -0.462 e. The van der Waals surface area contributed by atoms with Crippen LogP contribution in [0.15, 0.2) is 72.9 Å². The van der Waals surface area contributed by atoms with Crippen molar-refractivity contribution >= 4 is 17.9 Å². The van der Waals surface area contributed by atoms with Crippen LogP contribution in [0, 0.1) is 0 Å². The predicted octanol–water partition coefficient (Wildman–Crippen LogP) is 22.5. The summed E-state index contributed by atoms with van der Waals surface area (Å²) in [6, 6.07) is 0. The van der Waals surface area contributed by atoms with E-state index >= 15 is 0 Å². The van der Waals surface area contributed by atoms with Crippen molar-refractivity contribution in [2.45, 2.75) is 341 Å². The Kier molecular flexibility index (Phi) is 61.7. The maximum absolute atomic E-state index is 12.8. The summed E-state index contributed by atoms with van der Waals surface area (Å²) in [5.41, 5.74) is 0. The quantitative estimate of drug-likeness (QED) is 0.0261. The van der Waals surface area contributed by atoms with Crippen LogP contribution >= 0.6 is 0 Å². The van der Waals surface area contributed by atoms with Crippen molar-refractivity contribution in [2.75, 3.05) is 13.2 Å². The monoisotopic (exact) mass is 1060 g/mol. The SMILES string of the molecule is CC/C=C\C/C=C\C/C=C\C/C=C\CCCCCCCCCCCCCCCCCCCCCCCCC(=O)OCC(COC(=O)CCCCCCC/C=C\CCCC)OC(=O)CCCCCCC/C=C\CCCCC. The molecule has 1 unspecified atom stereocenters.